The molecule has 1 heterocycles. The minimum atomic E-state index is -1.35. The number of hydrogen-bond donors (Lipinski definition) is 0. The average Bonchev–Trinajstić information content (AvgIpc) is 2.66. The summed E-state index contributed by atoms with van der Waals surface area (Å²) < 4.78 is 13.3. The summed E-state index contributed by atoms with van der Waals surface area (Å²) in [6.07, 6.45) is 0. The zero-order valence-corrected chi connectivity index (χ0v) is 13.6. The Hall–Kier alpha value is -2.72. The minimum Gasteiger partial charge on any atom is -0.289 e. The van der Waals surface area contributed by atoms with E-state index >= 15 is 0 Å². The Morgan fingerprint density at radius 3 is 2.04 bits per heavy atom. The molecule has 3 aromatic rings. The van der Waals surface area contributed by atoms with Crippen LogP contribution in [-0.2, 0) is 10.8 Å². The normalized spacial score (nSPS) is 19.8. The number of rotatable bonds is 2. The second-order valence-electron chi connectivity index (χ2n) is 5.57. The van der Waals surface area contributed by atoms with Crippen molar-refractivity contribution in [2.24, 2.45) is 0 Å². The van der Waals surface area contributed by atoms with Gasteiger partial charge in [-0.2, -0.15) is 0 Å². The van der Waals surface area contributed by atoms with Gasteiger partial charge in [0, 0.05) is 5.69 Å². The van der Waals surface area contributed by atoms with Gasteiger partial charge in [0.1, 0.15) is 5.37 Å². The molecule has 4 rings (SSSR count). The van der Waals surface area contributed by atoms with E-state index in [1.807, 2.05) is 66.7 Å². The molecule has 0 N–H and O–H groups in total. The Kier molecular flexibility index (Phi) is 3.75. The van der Waals surface area contributed by atoms with E-state index in [0.29, 0.717) is 10.5 Å². The highest BCUT2D eigenvalue weighted by Crippen LogP contribution is 2.39. The third-order valence-electron chi connectivity index (χ3n) is 4.11. The lowest BCUT2D eigenvalue weighted by atomic mass is 10.1. The maximum atomic E-state index is 13.3. The molecule has 0 unspecified atom stereocenters. The zero-order valence-electron chi connectivity index (χ0n) is 12.8. The van der Waals surface area contributed by atoms with Gasteiger partial charge in [0.2, 0.25) is 0 Å². The first kappa shape index (κ1) is 14.8. The van der Waals surface area contributed by atoms with E-state index in [-0.39, 0.29) is 5.91 Å². The topological polar surface area (TPSA) is 37.4 Å². The number of fused-ring (bicyclic) bond motifs is 1. The lowest BCUT2D eigenvalue weighted by Gasteiger charge is -2.36. The third kappa shape index (κ3) is 2.36. The lowest BCUT2D eigenvalue weighted by molar-refractivity contribution is 0.0978. The van der Waals surface area contributed by atoms with Gasteiger partial charge in [0.15, 0.2) is 0 Å². The molecule has 0 spiro atoms. The quantitative estimate of drug-likeness (QED) is 0.706. The summed E-state index contributed by atoms with van der Waals surface area (Å²) in [6, 6.07) is 26.1. The van der Waals surface area contributed by atoms with E-state index in [0.717, 1.165) is 11.3 Å². The van der Waals surface area contributed by atoms with Crippen LogP contribution in [0.1, 0.15) is 21.3 Å². The largest absolute Gasteiger partial charge is 0.289 e. The Morgan fingerprint density at radius 1 is 0.750 bits per heavy atom. The first-order valence-electron chi connectivity index (χ1n) is 7.70. The SMILES string of the molecule is O=C1c2ccccc2[S@](=O)[C@@H](c2ccccc2)N1c1ccccc1. The van der Waals surface area contributed by atoms with Crippen molar-refractivity contribution >= 4 is 22.4 Å². The summed E-state index contributed by atoms with van der Waals surface area (Å²) >= 11 is 0. The smallest absolute Gasteiger partial charge is 0.260 e. The summed E-state index contributed by atoms with van der Waals surface area (Å²) in [5, 5.41) is -0.531. The second kappa shape index (κ2) is 6.06. The van der Waals surface area contributed by atoms with Crippen molar-refractivity contribution in [1.82, 2.24) is 0 Å². The zero-order chi connectivity index (χ0) is 16.5. The van der Waals surface area contributed by atoms with Gasteiger partial charge in [0.25, 0.3) is 5.91 Å². The molecule has 0 aliphatic carbocycles. The fourth-order valence-corrected chi connectivity index (χ4v) is 4.64. The van der Waals surface area contributed by atoms with Crippen LogP contribution < -0.4 is 4.90 Å². The lowest BCUT2D eigenvalue weighted by Crippen LogP contribution is -2.41. The number of anilines is 1. The third-order valence-corrected chi connectivity index (χ3v) is 5.79. The first-order valence-corrected chi connectivity index (χ1v) is 8.92. The van der Waals surface area contributed by atoms with Crippen LogP contribution in [0.4, 0.5) is 5.69 Å². The predicted molar refractivity (Wildman–Crippen MR) is 95.3 cm³/mol. The average molecular weight is 333 g/mol. The molecule has 118 valence electrons. The van der Waals surface area contributed by atoms with Crippen molar-refractivity contribution in [2.75, 3.05) is 4.90 Å². The maximum Gasteiger partial charge on any atom is 0.260 e. The highest BCUT2D eigenvalue weighted by atomic mass is 32.2. The van der Waals surface area contributed by atoms with Crippen molar-refractivity contribution in [3.63, 3.8) is 0 Å². The number of carbonyl (C=O) groups is 1. The van der Waals surface area contributed by atoms with Gasteiger partial charge in [0.05, 0.1) is 21.3 Å². The molecule has 2 atom stereocenters. The van der Waals surface area contributed by atoms with E-state index in [2.05, 4.69) is 0 Å². The van der Waals surface area contributed by atoms with E-state index in [4.69, 9.17) is 0 Å². The van der Waals surface area contributed by atoms with Gasteiger partial charge in [-0.25, -0.2) is 0 Å². The van der Waals surface area contributed by atoms with Gasteiger partial charge in [-0.05, 0) is 29.8 Å². The van der Waals surface area contributed by atoms with E-state index < -0.39 is 16.2 Å². The van der Waals surface area contributed by atoms with Gasteiger partial charge < -0.3 is 0 Å². The molecule has 0 radical (unpaired) electrons. The van der Waals surface area contributed by atoms with E-state index in [1.165, 1.54) is 0 Å². The summed E-state index contributed by atoms with van der Waals surface area (Å²) in [6.45, 7) is 0. The van der Waals surface area contributed by atoms with Crippen LogP contribution in [0.15, 0.2) is 89.8 Å². The molecule has 24 heavy (non-hydrogen) atoms. The van der Waals surface area contributed by atoms with Crippen molar-refractivity contribution < 1.29 is 9.00 Å². The standard InChI is InChI=1S/C20H15NO2S/c22-19-17-13-7-8-14-18(17)24(23)20(15-9-3-1-4-10-15)21(19)16-11-5-2-6-12-16/h1-14,20H/t20-,24-/m0/s1. The van der Waals surface area contributed by atoms with E-state index in [9.17, 15) is 9.00 Å². The van der Waals surface area contributed by atoms with Crippen molar-refractivity contribution in [2.45, 2.75) is 10.3 Å². The van der Waals surface area contributed by atoms with Crippen LogP contribution >= 0.6 is 0 Å². The maximum absolute atomic E-state index is 13.3. The van der Waals surface area contributed by atoms with Crippen LogP contribution in [0.25, 0.3) is 0 Å². The van der Waals surface area contributed by atoms with E-state index in [1.54, 1.807) is 23.1 Å². The van der Waals surface area contributed by atoms with Gasteiger partial charge in [-0.15, -0.1) is 0 Å². The summed E-state index contributed by atoms with van der Waals surface area (Å²) in [4.78, 5) is 15.4. The second-order valence-corrected chi connectivity index (χ2v) is 7.05. The fourth-order valence-electron chi connectivity index (χ4n) is 3.00. The first-order chi connectivity index (χ1) is 11.8. The summed E-state index contributed by atoms with van der Waals surface area (Å²) in [7, 11) is -1.35. The molecular weight excluding hydrogens is 318 g/mol. The number of hydrogen-bond acceptors (Lipinski definition) is 2. The molecule has 0 aromatic heterocycles. The van der Waals surface area contributed by atoms with Crippen molar-refractivity contribution in [1.29, 1.82) is 0 Å². The van der Waals surface area contributed by atoms with Gasteiger partial charge in [-0.3, -0.25) is 13.9 Å². The van der Waals surface area contributed by atoms with Gasteiger partial charge in [-0.1, -0.05) is 60.7 Å². The number of para-hydroxylation sites is 1. The molecule has 1 aliphatic rings. The molecule has 0 saturated carbocycles. The molecular formula is C20H15NO2S. The molecule has 1 amide bonds. The van der Waals surface area contributed by atoms with Crippen molar-refractivity contribution in [3.8, 4) is 0 Å². The van der Waals surface area contributed by atoms with Crippen LogP contribution in [0.3, 0.4) is 0 Å². The highest BCUT2D eigenvalue weighted by molar-refractivity contribution is 7.85. The van der Waals surface area contributed by atoms with Crippen LogP contribution in [0, 0.1) is 0 Å². The minimum absolute atomic E-state index is 0.120. The molecule has 0 saturated heterocycles. The van der Waals surface area contributed by atoms with Crippen LogP contribution in [0.5, 0.6) is 0 Å². The Balaban J connectivity index is 1.94. The predicted octanol–water partition coefficient (Wildman–Crippen LogP) is 4.15. The molecule has 3 nitrogen and oxygen atoms in total. The molecule has 3 aromatic carbocycles. The summed E-state index contributed by atoms with van der Waals surface area (Å²) in [5.41, 5.74) is 2.12. The van der Waals surface area contributed by atoms with Crippen LogP contribution in [0.2, 0.25) is 0 Å². The molecule has 1 aliphatic heterocycles. The Morgan fingerprint density at radius 2 is 1.33 bits per heavy atom. The molecule has 0 fully saturated rings. The fraction of sp³-hybridized carbons (Fsp3) is 0.0500. The monoisotopic (exact) mass is 333 g/mol. The number of benzene rings is 3. The number of amides is 1. The Labute approximate surface area is 143 Å². The number of nitrogens with zero attached hydrogens (tertiary/aromatic N) is 1. The number of carbonyl (C=O) groups excluding carboxylic acids is 1. The Bertz CT molecular complexity index is 833. The molecule has 4 heteroatoms. The van der Waals surface area contributed by atoms with Crippen LogP contribution in [-0.4, -0.2) is 10.1 Å². The molecule has 0 bridgehead atoms. The van der Waals surface area contributed by atoms with Gasteiger partial charge >= 0.3 is 0 Å². The van der Waals surface area contributed by atoms with Crippen molar-refractivity contribution in [3.05, 3.63) is 96.1 Å². The highest BCUT2D eigenvalue weighted by Gasteiger charge is 2.39. The summed E-state index contributed by atoms with van der Waals surface area (Å²) in [5.74, 6) is -0.120.